The van der Waals surface area contributed by atoms with E-state index in [1.165, 1.54) is 26.3 Å². The maximum absolute atomic E-state index is 12.4. The highest BCUT2D eigenvalue weighted by Gasteiger charge is 2.23. The normalized spacial score (nSPS) is 11.4. The van der Waals surface area contributed by atoms with Gasteiger partial charge in [-0.15, -0.1) is 0 Å². The molecule has 134 valence electrons. The molecule has 0 atom stereocenters. The molecule has 8 heteroatoms. The lowest BCUT2D eigenvalue weighted by Gasteiger charge is -2.18. The number of rotatable bonds is 6. The summed E-state index contributed by atoms with van der Waals surface area (Å²) in [4.78, 5) is 12.4. The minimum Gasteiger partial charge on any atom is -0.495 e. The zero-order chi connectivity index (χ0) is 18.6. The number of halogens is 1. The van der Waals surface area contributed by atoms with E-state index in [0.717, 1.165) is 9.87 Å². The molecule has 0 saturated carbocycles. The molecule has 1 amide bonds. The summed E-state index contributed by atoms with van der Waals surface area (Å²) in [7, 11) is -0.922. The highest BCUT2D eigenvalue weighted by molar-refractivity contribution is 7.89. The van der Waals surface area contributed by atoms with Crippen LogP contribution in [-0.4, -0.2) is 39.3 Å². The zero-order valence-electron chi connectivity index (χ0n) is 14.1. The first-order valence-corrected chi connectivity index (χ1v) is 9.23. The van der Waals surface area contributed by atoms with Gasteiger partial charge < -0.3 is 10.1 Å². The summed E-state index contributed by atoms with van der Waals surface area (Å²) >= 11 is 6.03. The summed E-state index contributed by atoms with van der Waals surface area (Å²) in [6.07, 6.45) is 0. The van der Waals surface area contributed by atoms with Gasteiger partial charge in [-0.25, -0.2) is 8.42 Å². The van der Waals surface area contributed by atoms with Crippen LogP contribution >= 0.6 is 11.6 Å². The summed E-state index contributed by atoms with van der Waals surface area (Å²) in [5.74, 6) is -0.0838. The Balaban J connectivity index is 2.14. The fraction of sp³-hybridized carbons (Fsp3) is 0.235. The van der Waals surface area contributed by atoms with Crippen molar-refractivity contribution >= 4 is 33.2 Å². The Bertz CT molecular complexity index is 870. The Morgan fingerprint density at radius 1 is 1.24 bits per heavy atom. The van der Waals surface area contributed by atoms with Gasteiger partial charge in [-0.05, 0) is 30.7 Å². The van der Waals surface area contributed by atoms with Crippen molar-refractivity contribution < 1.29 is 17.9 Å². The van der Waals surface area contributed by atoms with Crippen LogP contribution < -0.4 is 10.1 Å². The molecule has 0 aliphatic rings. The van der Waals surface area contributed by atoms with E-state index < -0.39 is 15.9 Å². The number of sulfonamides is 1. The van der Waals surface area contributed by atoms with E-state index in [0.29, 0.717) is 16.5 Å². The molecule has 2 aromatic rings. The number of nitrogens with zero attached hydrogens (tertiary/aromatic N) is 1. The maximum atomic E-state index is 12.4. The van der Waals surface area contributed by atoms with E-state index in [4.69, 9.17) is 16.3 Å². The molecular formula is C17H19ClN2O4S. The number of carbonyl (C=O) groups is 1. The molecule has 0 fully saturated rings. The van der Waals surface area contributed by atoms with E-state index in [1.807, 2.05) is 0 Å². The molecule has 0 bridgehead atoms. The number of methoxy groups -OCH3 is 1. The van der Waals surface area contributed by atoms with Crippen molar-refractivity contribution in [2.75, 3.05) is 26.0 Å². The lowest BCUT2D eigenvalue weighted by atomic mass is 10.2. The Hall–Kier alpha value is -2.09. The second-order valence-corrected chi connectivity index (χ2v) is 7.88. The summed E-state index contributed by atoms with van der Waals surface area (Å²) in [5.41, 5.74) is 1.20. The predicted molar refractivity (Wildman–Crippen MR) is 97.6 cm³/mol. The van der Waals surface area contributed by atoms with Crippen molar-refractivity contribution in [1.29, 1.82) is 0 Å². The lowest BCUT2D eigenvalue weighted by Crippen LogP contribution is -2.35. The average molecular weight is 383 g/mol. The maximum Gasteiger partial charge on any atom is 0.243 e. The average Bonchev–Trinajstić information content (AvgIpc) is 2.58. The second kappa shape index (κ2) is 7.86. The molecule has 25 heavy (non-hydrogen) atoms. The van der Waals surface area contributed by atoms with Crippen LogP contribution in [0.15, 0.2) is 47.4 Å². The molecule has 6 nitrogen and oxygen atoms in total. The first kappa shape index (κ1) is 19.2. The SMILES string of the molecule is COc1cc(Cl)c(C)cc1NC(=O)CN(C)S(=O)(=O)c1ccccc1. The van der Waals surface area contributed by atoms with Gasteiger partial charge in [-0.2, -0.15) is 4.31 Å². The number of ether oxygens (including phenoxy) is 1. The number of carbonyl (C=O) groups excluding carboxylic acids is 1. The van der Waals surface area contributed by atoms with Gasteiger partial charge in [0.2, 0.25) is 15.9 Å². The molecular weight excluding hydrogens is 364 g/mol. The number of amides is 1. The van der Waals surface area contributed by atoms with Crippen LogP contribution in [0.3, 0.4) is 0 Å². The van der Waals surface area contributed by atoms with Crippen molar-refractivity contribution in [1.82, 2.24) is 4.31 Å². The van der Waals surface area contributed by atoms with Gasteiger partial charge in [0.1, 0.15) is 5.75 Å². The largest absolute Gasteiger partial charge is 0.495 e. The van der Waals surface area contributed by atoms with Crippen molar-refractivity contribution in [2.45, 2.75) is 11.8 Å². The number of benzene rings is 2. The van der Waals surface area contributed by atoms with Crippen LogP contribution in [0, 0.1) is 6.92 Å². The van der Waals surface area contributed by atoms with Crippen LogP contribution in [0.4, 0.5) is 5.69 Å². The predicted octanol–water partition coefficient (Wildman–Crippen LogP) is 2.92. The highest BCUT2D eigenvalue weighted by atomic mass is 35.5. The second-order valence-electron chi connectivity index (χ2n) is 5.42. The minimum absolute atomic E-state index is 0.130. The third kappa shape index (κ3) is 4.50. The Morgan fingerprint density at radius 2 is 1.88 bits per heavy atom. The fourth-order valence-electron chi connectivity index (χ4n) is 2.18. The van der Waals surface area contributed by atoms with E-state index in [9.17, 15) is 13.2 Å². The number of likely N-dealkylation sites (N-methyl/N-ethyl adjacent to an activating group) is 1. The zero-order valence-corrected chi connectivity index (χ0v) is 15.7. The molecule has 0 aliphatic heterocycles. The van der Waals surface area contributed by atoms with Gasteiger partial charge in [-0.1, -0.05) is 29.8 Å². The van der Waals surface area contributed by atoms with Crippen molar-refractivity contribution in [2.24, 2.45) is 0 Å². The van der Waals surface area contributed by atoms with Gasteiger partial charge in [0.15, 0.2) is 0 Å². The summed E-state index contributed by atoms with van der Waals surface area (Å²) in [6, 6.07) is 11.2. The van der Waals surface area contributed by atoms with Gasteiger partial charge in [0, 0.05) is 18.1 Å². The number of nitrogens with one attached hydrogen (secondary N) is 1. The van der Waals surface area contributed by atoms with E-state index >= 15 is 0 Å². The van der Waals surface area contributed by atoms with Crippen LogP contribution in [0.5, 0.6) is 5.75 Å². The van der Waals surface area contributed by atoms with Crippen molar-refractivity contribution in [3.8, 4) is 5.75 Å². The Labute approximate surface area is 152 Å². The first-order chi connectivity index (χ1) is 11.8. The molecule has 0 aromatic heterocycles. The van der Waals surface area contributed by atoms with Gasteiger partial charge in [-0.3, -0.25) is 4.79 Å². The molecule has 0 spiro atoms. The number of aryl methyl sites for hydroxylation is 1. The van der Waals surface area contributed by atoms with Crippen LogP contribution in [0.2, 0.25) is 5.02 Å². The smallest absolute Gasteiger partial charge is 0.243 e. The third-order valence-corrected chi connectivity index (χ3v) is 5.80. The van der Waals surface area contributed by atoms with Crippen LogP contribution in [-0.2, 0) is 14.8 Å². The number of hydrogen-bond donors (Lipinski definition) is 1. The molecule has 0 aliphatic carbocycles. The highest BCUT2D eigenvalue weighted by Crippen LogP contribution is 2.30. The molecule has 0 unspecified atom stereocenters. The summed E-state index contributed by atoms with van der Waals surface area (Å²) < 4.78 is 31.1. The quantitative estimate of drug-likeness (QED) is 0.833. The van der Waals surface area contributed by atoms with Crippen LogP contribution in [0.25, 0.3) is 0 Å². The molecule has 2 aromatic carbocycles. The monoisotopic (exact) mass is 382 g/mol. The molecule has 0 heterocycles. The van der Waals surface area contributed by atoms with Crippen LogP contribution in [0.1, 0.15) is 5.56 Å². The first-order valence-electron chi connectivity index (χ1n) is 7.41. The van der Waals surface area contributed by atoms with Crippen molar-refractivity contribution in [3.05, 3.63) is 53.1 Å². The Morgan fingerprint density at radius 3 is 2.48 bits per heavy atom. The van der Waals surface area contributed by atoms with E-state index in [-0.39, 0.29) is 11.4 Å². The lowest BCUT2D eigenvalue weighted by molar-refractivity contribution is -0.116. The summed E-state index contributed by atoms with van der Waals surface area (Å²) in [6.45, 7) is 1.46. The molecule has 0 radical (unpaired) electrons. The van der Waals surface area contributed by atoms with E-state index in [2.05, 4.69) is 5.32 Å². The number of anilines is 1. The molecule has 1 N–H and O–H groups in total. The molecule has 0 saturated heterocycles. The third-order valence-electron chi connectivity index (χ3n) is 3.57. The topological polar surface area (TPSA) is 75.7 Å². The van der Waals surface area contributed by atoms with Crippen molar-refractivity contribution in [3.63, 3.8) is 0 Å². The fourth-order valence-corrected chi connectivity index (χ4v) is 3.48. The molecule has 2 rings (SSSR count). The van der Waals surface area contributed by atoms with Gasteiger partial charge in [0.05, 0.1) is 24.2 Å². The number of hydrogen-bond acceptors (Lipinski definition) is 4. The minimum atomic E-state index is -3.74. The summed E-state index contributed by atoms with van der Waals surface area (Å²) in [5, 5.41) is 3.17. The van der Waals surface area contributed by atoms with Gasteiger partial charge >= 0.3 is 0 Å². The van der Waals surface area contributed by atoms with Gasteiger partial charge in [0.25, 0.3) is 0 Å². The van der Waals surface area contributed by atoms with E-state index in [1.54, 1.807) is 37.3 Å². The standard InChI is InChI=1S/C17H19ClN2O4S/c1-12-9-15(16(24-3)10-14(12)18)19-17(21)11-20(2)25(22,23)13-7-5-4-6-8-13/h4-10H,11H2,1-3H3,(H,19,21). The Kier molecular flexibility index (Phi) is 6.05.